The van der Waals surface area contributed by atoms with Crippen LogP contribution in [0.15, 0.2) is 24.3 Å². The zero-order chi connectivity index (χ0) is 14.0. The molecule has 2 atom stereocenters. The fraction of sp³-hybridized carbons (Fsp3) is 0.438. The standard InChI is InChI=1S/C16H20O2Si/c1-18-16(17)15-11-14(15)13-7-5-12(6-8-13)9-10-19(2,3)4/h5-8,14-15H,11H2,1-4H3. The van der Waals surface area contributed by atoms with Gasteiger partial charge < -0.3 is 4.74 Å². The summed E-state index contributed by atoms with van der Waals surface area (Å²) in [5.41, 5.74) is 5.63. The maximum Gasteiger partial charge on any atom is 0.309 e. The Bertz CT molecular complexity index is 529. The molecule has 1 fully saturated rings. The highest BCUT2D eigenvalue weighted by Gasteiger charge is 2.44. The second-order valence-electron chi connectivity index (χ2n) is 6.09. The van der Waals surface area contributed by atoms with Gasteiger partial charge in [-0.1, -0.05) is 37.7 Å². The molecule has 3 heteroatoms. The van der Waals surface area contributed by atoms with E-state index in [9.17, 15) is 4.79 Å². The fourth-order valence-electron chi connectivity index (χ4n) is 2.05. The van der Waals surface area contributed by atoms with E-state index in [1.807, 2.05) is 0 Å². The minimum absolute atomic E-state index is 0.0592. The van der Waals surface area contributed by atoms with Gasteiger partial charge >= 0.3 is 5.97 Å². The molecule has 19 heavy (non-hydrogen) atoms. The highest BCUT2D eigenvalue weighted by Crippen LogP contribution is 2.47. The minimum Gasteiger partial charge on any atom is -0.469 e. The van der Waals surface area contributed by atoms with Gasteiger partial charge in [-0.2, -0.15) is 0 Å². The number of benzene rings is 1. The monoisotopic (exact) mass is 272 g/mol. The van der Waals surface area contributed by atoms with Gasteiger partial charge in [-0.15, -0.1) is 5.54 Å². The van der Waals surface area contributed by atoms with Crippen molar-refractivity contribution in [2.75, 3.05) is 7.11 Å². The first-order valence-corrected chi connectivity index (χ1v) is 10.1. The summed E-state index contributed by atoms with van der Waals surface area (Å²) in [6.07, 6.45) is 0.909. The molecule has 0 N–H and O–H groups in total. The molecule has 2 nitrogen and oxygen atoms in total. The average molecular weight is 272 g/mol. The van der Waals surface area contributed by atoms with E-state index in [2.05, 4.69) is 55.4 Å². The number of esters is 1. The smallest absolute Gasteiger partial charge is 0.309 e. The van der Waals surface area contributed by atoms with E-state index in [-0.39, 0.29) is 11.9 Å². The van der Waals surface area contributed by atoms with Crippen LogP contribution < -0.4 is 0 Å². The van der Waals surface area contributed by atoms with Crippen LogP contribution in [0, 0.1) is 17.4 Å². The van der Waals surface area contributed by atoms with Crippen molar-refractivity contribution in [3.05, 3.63) is 35.4 Å². The molecule has 2 rings (SSSR count). The van der Waals surface area contributed by atoms with E-state index in [1.54, 1.807) is 0 Å². The summed E-state index contributed by atoms with van der Waals surface area (Å²) in [6, 6.07) is 8.27. The number of carbonyl (C=O) groups excluding carboxylic acids is 1. The Morgan fingerprint density at radius 1 is 1.26 bits per heavy atom. The molecule has 0 aromatic heterocycles. The van der Waals surface area contributed by atoms with E-state index in [1.165, 1.54) is 12.7 Å². The molecule has 1 aromatic rings. The Balaban J connectivity index is 2.04. The predicted molar refractivity (Wildman–Crippen MR) is 79.5 cm³/mol. The van der Waals surface area contributed by atoms with Crippen molar-refractivity contribution in [2.45, 2.75) is 32.0 Å². The van der Waals surface area contributed by atoms with Gasteiger partial charge in [0.15, 0.2) is 0 Å². The fourth-order valence-corrected chi connectivity index (χ4v) is 2.57. The molecule has 0 heterocycles. The van der Waals surface area contributed by atoms with Crippen LogP contribution >= 0.6 is 0 Å². The van der Waals surface area contributed by atoms with Crippen molar-refractivity contribution in [1.82, 2.24) is 0 Å². The first-order chi connectivity index (χ1) is 8.90. The number of rotatable bonds is 2. The van der Waals surface area contributed by atoms with Crippen LogP contribution in [0.3, 0.4) is 0 Å². The highest BCUT2D eigenvalue weighted by atomic mass is 28.3. The third kappa shape index (κ3) is 3.71. The lowest BCUT2D eigenvalue weighted by Crippen LogP contribution is -2.16. The molecule has 0 saturated heterocycles. The normalized spacial score (nSPS) is 21.3. The Labute approximate surface area is 116 Å². The zero-order valence-electron chi connectivity index (χ0n) is 12.0. The third-order valence-electron chi connectivity index (χ3n) is 3.22. The van der Waals surface area contributed by atoms with Gasteiger partial charge in [0.2, 0.25) is 0 Å². The summed E-state index contributed by atoms with van der Waals surface area (Å²) in [5.74, 6) is 3.54. The number of methoxy groups -OCH3 is 1. The summed E-state index contributed by atoms with van der Waals surface area (Å²) in [6.45, 7) is 6.71. The molecule has 0 bridgehead atoms. The van der Waals surface area contributed by atoms with Crippen molar-refractivity contribution < 1.29 is 9.53 Å². The lowest BCUT2D eigenvalue weighted by molar-refractivity contribution is -0.142. The van der Waals surface area contributed by atoms with Gasteiger partial charge in [0, 0.05) is 5.56 Å². The Kier molecular flexibility index (Phi) is 3.82. The maximum absolute atomic E-state index is 11.4. The molecular weight excluding hydrogens is 252 g/mol. The summed E-state index contributed by atoms with van der Waals surface area (Å²) in [7, 11) is 0.135. The van der Waals surface area contributed by atoms with Crippen LogP contribution in [0.25, 0.3) is 0 Å². The predicted octanol–water partition coefficient (Wildman–Crippen LogP) is 3.19. The SMILES string of the molecule is COC(=O)C1CC1c1ccc(C#C[Si](C)(C)C)cc1. The number of hydrogen-bond donors (Lipinski definition) is 0. The molecule has 0 aliphatic heterocycles. The Morgan fingerprint density at radius 2 is 1.89 bits per heavy atom. The van der Waals surface area contributed by atoms with Crippen molar-refractivity contribution in [1.29, 1.82) is 0 Å². The van der Waals surface area contributed by atoms with Gasteiger partial charge in [0.05, 0.1) is 13.0 Å². The van der Waals surface area contributed by atoms with Crippen LogP contribution in [0.4, 0.5) is 0 Å². The maximum atomic E-state index is 11.4. The molecule has 1 aliphatic rings. The van der Waals surface area contributed by atoms with Crippen LogP contribution in [-0.4, -0.2) is 21.2 Å². The second-order valence-corrected chi connectivity index (χ2v) is 10.8. The van der Waals surface area contributed by atoms with Gasteiger partial charge in [-0.3, -0.25) is 4.79 Å². The van der Waals surface area contributed by atoms with Crippen molar-refractivity contribution in [3.63, 3.8) is 0 Å². The molecule has 0 radical (unpaired) electrons. The quantitative estimate of drug-likeness (QED) is 0.469. The van der Waals surface area contributed by atoms with E-state index in [4.69, 9.17) is 4.74 Å². The molecule has 1 saturated carbocycles. The molecule has 100 valence electrons. The van der Waals surface area contributed by atoms with Crippen LogP contribution in [0.5, 0.6) is 0 Å². The largest absolute Gasteiger partial charge is 0.469 e. The van der Waals surface area contributed by atoms with E-state index in [0.29, 0.717) is 5.92 Å². The van der Waals surface area contributed by atoms with Crippen molar-refractivity contribution >= 4 is 14.0 Å². The van der Waals surface area contributed by atoms with E-state index >= 15 is 0 Å². The van der Waals surface area contributed by atoms with Gasteiger partial charge in [-0.25, -0.2) is 0 Å². The zero-order valence-corrected chi connectivity index (χ0v) is 13.0. The first-order valence-electron chi connectivity index (χ1n) is 6.62. The molecule has 0 spiro atoms. The number of hydrogen-bond acceptors (Lipinski definition) is 2. The average Bonchev–Trinajstić information content (AvgIpc) is 3.15. The second kappa shape index (κ2) is 5.22. The number of ether oxygens (including phenoxy) is 1. The molecule has 1 aromatic carbocycles. The van der Waals surface area contributed by atoms with Gasteiger partial charge in [-0.05, 0) is 30.0 Å². The van der Waals surface area contributed by atoms with Crippen molar-refractivity contribution in [2.24, 2.45) is 5.92 Å². The Morgan fingerprint density at radius 3 is 2.42 bits per heavy atom. The summed E-state index contributed by atoms with van der Waals surface area (Å²) in [4.78, 5) is 11.4. The van der Waals surface area contributed by atoms with E-state index in [0.717, 1.165) is 12.0 Å². The molecule has 1 aliphatic carbocycles. The van der Waals surface area contributed by atoms with Crippen LogP contribution in [0.1, 0.15) is 23.5 Å². The topological polar surface area (TPSA) is 26.3 Å². The molecule has 0 amide bonds. The van der Waals surface area contributed by atoms with Crippen LogP contribution in [0.2, 0.25) is 19.6 Å². The number of carbonyl (C=O) groups is 1. The molecule has 2 unspecified atom stereocenters. The summed E-state index contributed by atoms with van der Waals surface area (Å²) in [5, 5.41) is 0. The van der Waals surface area contributed by atoms with Gasteiger partial charge in [0.1, 0.15) is 8.07 Å². The first kappa shape index (κ1) is 13.9. The van der Waals surface area contributed by atoms with Crippen molar-refractivity contribution in [3.8, 4) is 11.5 Å². The summed E-state index contributed by atoms with van der Waals surface area (Å²) >= 11 is 0. The van der Waals surface area contributed by atoms with Gasteiger partial charge in [0.25, 0.3) is 0 Å². The van der Waals surface area contributed by atoms with E-state index < -0.39 is 8.07 Å². The minimum atomic E-state index is -1.32. The van der Waals surface area contributed by atoms with Crippen LogP contribution in [-0.2, 0) is 9.53 Å². The lowest BCUT2D eigenvalue weighted by Gasteiger charge is -2.04. The Hall–Kier alpha value is -1.53. The lowest BCUT2D eigenvalue weighted by atomic mass is 10.1. The summed E-state index contributed by atoms with van der Waals surface area (Å²) < 4.78 is 4.77. The molecular formula is C16H20O2Si. The highest BCUT2D eigenvalue weighted by molar-refractivity contribution is 6.83. The third-order valence-corrected chi connectivity index (χ3v) is 4.09.